The molecular weight excluding hydrogens is 432 g/mol. The van der Waals surface area contributed by atoms with Crippen molar-refractivity contribution >= 4 is 11.6 Å². The maximum absolute atomic E-state index is 14.0. The predicted octanol–water partition coefficient (Wildman–Crippen LogP) is 7.12. The fraction of sp³-hybridized carbons (Fsp3) is 0.742. The molecule has 0 radical (unpaired) electrons. The molecule has 188 valence electrons. The van der Waals surface area contributed by atoms with E-state index in [1.807, 2.05) is 19.1 Å². The smallest absolute Gasteiger partial charge is 0.176 e. The van der Waals surface area contributed by atoms with E-state index < -0.39 is 10.8 Å². The third kappa shape index (κ3) is 3.75. The second-order valence-electron chi connectivity index (χ2n) is 13.9. The average molecular weight is 475 g/mol. The van der Waals surface area contributed by atoms with Crippen molar-refractivity contribution in [2.24, 2.45) is 44.8 Å². The fourth-order valence-electron chi connectivity index (χ4n) is 8.32. The number of nitrogens with zero attached hydrogens (tertiary/aromatic N) is 2. The summed E-state index contributed by atoms with van der Waals surface area (Å²) in [7, 11) is 0. The van der Waals surface area contributed by atoms with Gasteiger partial charge in [0.25, 0.3) is 0 Å². The molecule has 0 spiro atoms. The van der Waals surface area contributed by atoms with Crippen molar-refractivity contribution in [3.8, 4) is 12.1 Å². The van der Waals surface area contributed by atoms with Gasteiger partial charge < -0.3 is 0 Å². The summed E-state index contributed by atoms with van der Waals surface area (Å²) in [6.07, 6.45) is 11.0. The molecule has 4 nitrogen and oxygen atoms in total. The third-order valence-corrected chi connectivity index (χ3v) is 11.3. The molecule has 0 aromatic rings. The Morgan fingerprint density at radius 2 is 1.54 bits per heavy atom. The first-order valence-corrected chi connectivity index (χ1v) is 13.5. The lowest BCUT2D eigenvalue weighted by molar-refractivity contribution is -0.135. The zero-order valence-corrected chi connectivity index (χ0v) is 22.8. The van der Waals surface area contributed by atoms with Gasteiger partial charge in [0.1, 0.15) is 6.07 Å². The van der Waals surface area contributed by atoms with Gasteiger partial charge in [-0.25, -0.2) is 0 Å². The topological polar surface area (TPSA) is 81.7 Å². The summed E-state index contributed by atoms with van der Waals surface area (Å²) in [6.45, 7) is 15.4. The Morgan fingerprint density at radius 3 is 2.17 bits per heavy atom. The lowest BCUT2D eigenvalue weighted by atomic mass is 9.39. The lowest BCUT2D eigenvalue weighted by Crippen LogP contribution is -2.58. The van der Waals surface area contributed by atoms with E-state index in [0.29, 0.717) is 0 Å². The van der Waals surface area contributed by atoms with Crippen LogP contribution in [0.5, 0.6) is 0 Å². The number of rotatable bonds is 0. The van der Waals surface area contributed by atoms with Crippen molar-refractivity contribution < 1.29 is 9.59 Å². The van der Waals surface area contributed by atoms with Crippen LogP contribution >= 0.6 is 0 Å². The molecule has 0 aliphatic heterocycles. The van der Waals surface area contributed by atoms with Crippen LogP contribution in [0.25, 0.3) is 0 Å². The van der Waals surface area contributed by atoms with Gasteiger partial charge >= 0.3 is 0 Å². The van der Waals surface area contributed by atoms with E-state index in [1.165, 1.54) is 0 Å². The van der Waals surface area contributed by atoms with E-state index in [0.717, 1.165) is 56.9 Å². The van der Waals surface area contributed by atoms with Gasteiger partial charge in [-0.3, -0.25) is 9.59 Å². The molecule has 7 atom stereocenters. The Bertz CT molecular complexity index is 1100. The number of carbonyl (C=O) groups excluding carboxylic acids is 2. The molecule has 0 aromatic heterocycles. The molecule has 35 heavy (non-hydrogen) atoms. The Labute approximate surface area is 211 Å². The monoisotopic (exact) mass is 474 g/mol. The van der Waals surface area contributed by atoms with Crippen LogP contribution in [0.2, 0.25) is 0 Å². The summed E-state index contributed by atoms with van der Waals surface area (Å²) >= 11 is 0. The zero-order chi connectivity index (χ0) is 26.0. The highest BCUT2D eigenvalue weighted by molar-refractivity contribution is 6.02. The van der Waals surface area contributed by atoms with Gasteiger partial charge in [0, 0.05) is 17.3 Å². The average Bonchev–Trinajstić information content (AvgIpc) is 2.80. The van der Waals surface area contributed by atoms with Gasteiger partial charge in [-0.05, 0) is 86.5 Å². The van der Waals surface area contributed by atoms with Crippen LogP contribution in [0, 0.1) is 67.5 Å². The molecule has 0 heterocycles. The van der Waals surface area contributed by atoms with Gasteiger partial charge in [0.2, 0.25) is 0 Å². The second kappa shape index (κ2) is 8.16. The first kappa shape index (κ1) is 25.9. The number of allylic oxidation sites excluding steroid dienone is 4. The Morgan fingerprint density at radius 1 is 0.886 bits per heavy atom. The van der Waals surface area contributed by atoms with Crippen molar-refractivity contribution in [1.29, 1.82) is 10.5 Å². The molecule has 0 N–H and O–H groups in total. The minimum atomic E-state index is -0.484. The Balaban J connectivity index is 1.88. The summed E-state index contributed by atoms with van der Waals surface area (Å²) in [5.74, 6) is -0.0529. The fourth-order valence-corrected chi connectivity index (χ4v) is 8.32. The molecule has 4 rings (SSSR count). The summed E-state index contributed by atoms with van der Waals surface area (Å²) in [5, 5.41) is 19.9. The largest absolute Gasteiger partial charge is 0.295 e. The SMILES string of the molecule is C[C@@H]1C(=O)C(C#N)=C[C@]2(C)C3=CC(=O)C4CCC(C)(C)CC[C@](C)(C#N)CC[C@@]4(C)[C@]3(C)CC[C@@H]12. The number of hydrogen-bond acceptors (Lipinski definition) is 4. The molecular formula is C31H42N2O2. The molecule has 4 heteroatoms. The highest BCUT2D eigenvalue weighted by atomic mass is 16.1. The van der Waals surface area contributed by atoms with Crippen molar-refractivity contribution in [3.63, 3.8) is 0 Å². The van der Waals surface area contributed by atoms with E-state index in [-0.39, 0.29) is 51.1 Å². The first-order valence-electron chi connectivity index (χ1n) is 13.5. The molecule has 0 bridgehead atoms. The van der Waals surface area contributed by atoms with Crippen LogP contribution in [0.15, 0.2) is 23.3 Å². The second-order valence-corrected chi connectivity index (χ2v) is 13.9. The molecule has 4 aliphatic carbocycles. The minimum Gasteiger partial charge on any atom is -0.295 e. The standard InChI is InChI=1S/C31H42N2O2/c1-20-22-9-11-31(7)25(29(22,5)17-21(18-32)26(20)35)16-24(34)23-8-10-27(2,3)12-13-28(4,19-33)14-15-30(23,31)6/h16-17,20,22-23H,8-15H2,1-7H3/t20-,22-,23?,28-,29-,30+,31+/m0/s1. The van der Waals surface area contributed by atoms with Crippen molar-refractivity contribution in [2.75, 3.05) is 0 Å². The predicted molar refractivity (Wildman–Crippen MR) is 137 cm³/mol. The van der Waals surface area contributed by atoms with E-state index in [9.17, 15) is 20.1 Å². The van der Waals surface area contributed by atoms with Gasteiger partial charge in [0.05, 0.1) is 17.1 Å². The number of hydrogen-bond donors (Lipinski definition) is 0. The molecule has 2 saturated carbocycles. The highest BCUT2D eigenvalue weighted by Gasteiger charge is 2.63. The quantitative estimate of drug-likeness (QED) is 0.374. The molecule has 0 amide bonds. The normalized spacial score (nSPS) is 45.5. The van der Waals surface area contributed by atoms with Crippen molar-refractivity contribution in [3.05, 3.63) is 23.3 Å². The van der Waals surface area contributed by atoms with Crippen molar-refractivity contribution in [1.82, 2.24) is 0 Å². The molecule has 4 aliphatic rings. The minimum absolute atomic E-state index is 0.0592. The summed E-state index contributed by atoms with van der Waals surface area (Å²) in [6, 6.07) is 4.79. The maximum Gasteiger partial charge on any atom is 0.176 e. The van der Waals surface area contributed by atoms with Crippen LogP contribution in [-0.4, -0.2) is 11.6 Å². The third-order valence-electron chi connectivity index (χ3n) is 11.3. The van der Waals surface area contributed by atoms with Gasteiger partial charge in [-0.15, -0.1) is 0 Å². The number of Topliss-reactive ketones (excluding diaryl/α,β-unsaturated/α-hetero) is 1. The van der Waals surface area contributed by atoms with Gasteiger partial charge in [-0.1, -0.05) is 53.2 Å². The molecule has 2 fully saturated rings. The van der Waals surface area contributed by atoms with E-state index in [1.54, 1.807) is 0 Å². The maximum atomic E-state index is 14.0. The Hall–Kier alpha value is -2.20. The molecule has 0 saturated heterocycles. The molecule has 1 unspecified atom stereocenters. The van der Waals surface area contributed by atoms with Crippen LogP contribution in [-0.2, 0) is 9.59 Å². The number of fused-ring (bicyclic) bond motifs is 5. The lowest BCUT2D eigenvalue weighted by Gasteiger charge is -2.63. The van der Waals surface area contributed by atoms with Gasteiger partial charge in [0.15, 0.2) is 11.6 Å². The van der Waals surface area contributed by atoms with Gasteiger partial charge in [-0.2, -0.15) is 10.5 Å². The molecule has 0 aromatic carbocycles. The summed E-state index contributed by atoms with van der Waals surface area (Å²) in [4.78, 5) is 26.8. The van der Waals surface area contributed by atoms with Crippen LogP contribution in [0.1, 0.15) is 99.8 Å². The van der Waals surface area contributed by atoms with Crippen LogP contribution in [0.3, 0.4) is 0 Å². The number of carbonyl (C=O) groups is 2. The zero-order valence-electron chi connectivity index (χ0n) is 22.8. The summed E-state index contributed by atoms with van der Waals surface area (Å²) < 4.78 is 0. The highest BCUT2D eigenvalue weighted by Crippen LogP contribution is 2.69. The van der Waals surface area contributed by atoms with E-state index in [2.05, 4.69) is 53.7 Å². The van der Waals surface area contributed by atoms with E-state index >= 15 is 0 Å². The van der Waals surface area contributed by atoms with Crippen LogP contribution in [0.4, 0.5) is 0 Å². The Kier molecular flexibility index (Phi) is 6.03. The first-order chi connectivity index (χ1) is 16.2. The van der Waals surface area contributed by atoms with Crippen LogP contribution < -0.4 is 0 Å². The van der Waals surface area contributed by atoms with Crippen molar-refractivity contribution in [2.45, 2.75) is 99.8 Å². The summed E-state index contributed by atoms with van der Waals surface area (Å²) in [5.41, 5.74) is 0.0609. The number of ketones is 2. The van der Waals surface area contributed by atoms with E-state index in [4.69, 9.17) is 0 Å². The number of nitriles is 2.